The number of nitrogens with one attached hydrogen (secondary N) is 1. The summed E-state index contributed by atoms with van der Waals surface area (Å²) < 4.78 is 1.66. The Balaban J connectivity index is 2.58. The lowest BCUT2D eigenvalue weighted by molar-refractivity contribution is 0.296. The third kappa shape index (κ3) is 3.71. The predicted molar refractivity (Wildman–Crippen MR) is 60.2 cm³/mol. The zero-order valence-corrected chi connectivity index (χ0v) is 9.72. The van der Waals surface area contributed by atoms with Gasteiger partial charge in [0.05, 0.1) is 0 Å². The summed E-state index contributed by atoms with van der Waals surface area (Å²) in [6, 6.07) is 0. The maximum absolute atomic E-state index is 11.4. The van der Waals surface area contributed by atoms with Crippen molar-refractivity contribution in [1.82, 2.24) is 14.8 Å². The van der Waals surface area contributed by atoms with Crippen molar-refractivity contribution >= 4 is 11.8 Å². The second-order valence-corrected chi connectivity index (χ2v) is 4.30. The SMILES string of the molecule is CCCCn1c(SCCCO)n[nH]c1=O. The van der Waals surface area contributed by atoms with E-state index in [2.05, 4.69) is 17.1 Å². The lowest BCUT2D eigenvalue weighted by Gasteiger charge is -2.03. The number of thioether (sulfide) groups is 1. The van der Waals surface area contributed by atoms with Crippen LogP contribution in [-0.2, 0) is 6.54 Å². The summed E-state index contributed by atoms with van der Waals surface area (Å²) in [6.45, 7) is 2.98. The van der Waals surface area contributed by atoms with Crippen molar-refractivity contribution in [2.24, 2.45) is 0 Å². The highest BCUT2D eigenvalue weighted by Crippen LogP contribution is 2.14. The van der Waals surface area contributed by atoms with Crippen LogP contribution in [0.4, 0.5) is 0 Å². The molecule has 0 bridgehead atoms. The molecule has 1 rings (SSSR count). The Labute approximate surface area is 92.9 Å². The highest BCUT2D eigenvalue weighted by molar-refractivity contribution is 7.99. The van der Waals surface area contributed by atoms with E-state index < -0.39 is 0 Å². The molecule has 0 aromatic carbocycles. The van der Waals surface area contributed by atoms with Gasteiger partial charge < -0.3 is 5.11 Å². The summed E-state index contributed by atoms with van der Waals surface area (Å²) in [7, 11) is 0. The van der Waals surface area contributed by atoms with Crippen molar-refractivity contribution in [2.45, 2.75) is 37.9 Å². The number of aliphatic hydroxyl groups excluding tert-OH is 1. The highest BCUT2D eigenvalue weighted by Gasteiger charge is 2.07. The summed E-state index contributed by atoms with van der Waals surface area (Å²) in [6.07, 6.45) is 2.75. The Morgan fingerprint density at radius 2 is 2.33 bits per heavy atom. The number of aromatic nitrogens is 3. The first-order valence-corrected chi connectivity index (χ1v) is 6.17. The van der Waals surface area contributed by atoms with E-state index in [1.165, 1.54) is 11.8 Å². The Morgan fingerprint density at radius 1 is 1.53 bits per heavy atom. The molecule has 6 heteroatoms. The number of aromatic amines is 1. The van der Waals surface area contributed by atoms with Gasteiger partial charge in [-0.25, -0.2) is 9.89 Å². The summed E-state index contributed by atoms with van der Waals surface area (Å²) in [4.78, 5) is 11.4. The van der Waals surface area contributed by atoms with Gasteiger partial charge in [-0.15, -0.1) is 5.10 Å². The molecule has 0 aliphatic carbocycles. The van der Waals surface area contributed by atoms with Crippen LogP contribution < -0.4 is 5.69 Å². The molecule has 5 nitrogen and oxygen atoms in total. The van der Waals surface area contributed by atoms with Crippen LogP contribution in [0.15, 0.2) is 9.95 Å². The third-order valence-electron chi connectivity index (χ3n) is 1.99. The Morgan fingerprint density at radius 3 is 3.00 bits per heavy atom. The molecule has 2 N–H and O–H groups in total. The molecule has 0 aliphatic rings. The van der Waals surface area contributed by atoms with Gasteiger partial charge in [0.2, 0.25) is 0 Å². The standard InChI is InChI=1S/C9H17N3O2S/c1-2-3-5-12-8(14)10-11-9(12)15-7-4-6-13/h13H,2-7H2,1H3,(H,10,14). The van der Waals surface area contributed by atoms with Gasteiger partial charge in [0.1, 0.15) is 0 Å². The lowest BCUT2D eigenvalue weighted by atomic mass is 10.3. The van der Waals surface area contributed by atoms with Gasteiger partial charge >= 0.3 is 5.69 Å². The molecule has 15 heavy (non-hydrogen) atoms. The van der Waals surface area contributed by atoms with Crippen molar-refractivity contribution < 1.29 is 5.11 Å². The van der Waals surface area contributed by atoms with E-state index in [0.717, 1.165) is 30.2 Å². The van der Waals surface area contributed by atoms with Gasteiger partial charge in [0, 0.05) is 18.9 Å². The highest BCUT2D eigenvalue weighted by atomic mass is 32.2. The van der Waals surface area contributed by atoms with Crippen molar-refractivity contribution in [3.05, 3.63) is 10.5 Å². The largest absolute Gasteiger partial charge is 0.396 e. The van der Waals surface area contributed by atoms with E-state index in [1.807, 2.05) is 0 Å². The fraction of sp³-hybridized carbons (Fsp3) is 0.778. The maximum Gasteiger partial charge on any atom is 0.343 e. The number of H-pyrrole nitrogens is 1. The molecule has 0 fully saturated rings. The molecular formula is C9H17N3O2S. The molecule has 0 saturated heterocycles. The van der Waals surface area contributed by atoms with Crippen LogP contribution in [0.2, 0.25) is 0 Å². The Bertz CT molecular complexity index is 334. The third-order valence-corrected chi connectivity index (χ3v) is 3.05. The number of hydrogen-bond donors (Lipinski definition) is 2. The normalized spacial score (nSPS) is 10.8. The van der Waals surface area contributed by atoms with Crippen LogP contribution in [0.1, 0.15) is 26.2 Å². The molecule has 0 atom stereocenters. The van der Waals surface area contributed by atoms with Gasteiger partial charge in [0.15, 0.2) is 5.16 Å². The minimum absolute atomic E-state index is 0.144. The van der Waals surface area contributed by atoms with Gasteiger partial charge in [-0.1, -0.05) is 25.1 Å². The molecule has 1 aromatic heterocycles. The average molecular weight is 231 g/mol. The lowest BCUT2D eigenvalue weighted by Crippen LogP contribution is -2.17. The van der Waals surface area contributed by atoms with Crippen LogP contribution in [0.25, 0.3) is 0 Å². The van der Waals surface area contributed by atoms with E-state index in [9.17, 15) is 4.79 Å². The summed E-state index contributed by atoms with van der Waals surface area (Å²) in [5, 5.41) is 15.8. The van der Waals surface area contributed by atoms with Crippen molar-refractivity contribution in [3.63, 3.8) is 0 Å². The fourth-order valence-electron chi connectivity index (χ4n) is 1.15. The number of rotatable bonds is 7. The van der Waals surface area contributed by atoms with E-state index in [1.54, 1.807) is 4.57 Å². The summed E-state index contributed by atoms with van der Waals surface area (Å²) in [5.41, 5.74) is -0.144. The minimum atomic E-state index is -0.144. The second-order valence-electron chi connectivity index (χ2n) is 3.24. The average Bonchev–Trinajstić information content (AvgIpc) is 2.58. The predicted octanol–water partition coefficient (Wildman–Crippen LogP) is 0.846. The molecule has 0 unspecified atom stereocenters. The minimum Gasteiger partial charge on any atom is -0.396 e. The molecule has 0 amide bonds. The zero-order valence-electron chi connectivity index (χ0n) is 8.90. The first-order valence-electron chi connectivity index (χ1n) is 5.18. The van der Waals surface area contributed by atoms with E-state index >= 15 is 0 Å². The molecule has 86 valence electrons. The van der Waals surface area contributed by atoms with Gasteiger partial charge in [-0.05, 0) is 12.8 Å². The van der Waals surface area contributed by atoms with E-state index in [-0.39, 0.29) is 12.3 Å². The smallest absolute Gasteiger partial charge is 0.343 e. The maximum atomic E-state index is 11.4. The number of aliphatic hydroxyl groups is 1. The van der Waals surface area contributed by atoms with Crippen LogP contribution in [0.3, 0.4) is 0 Å². The van der Waals surface area contributed by atoms with Gasteiger partial charge in [-0.2, -0.15) is 0 Å². The summed E-state index contributed by atoms with van der Waals surface area (Å²) in [5.74, 6) is 0.785. The molecule has 1 aromatic rings. The molecule has 0 aliphatic heterocycles. The van der Waals surface area contributed by atoms with Gasteiger partial charge in [0.25, 0.3) is 0 Å². The topological polar surface area (TPSA) is 70.9 Å². The van der Waals surface area contributed by atoms with Crippen molar-refractivity contribution in [1.29, 1.82) is 0 Å². The molecular weight excluding hydrogens is 214 g/mol. The quantitative estimate of drug-likeness (QED) is 0.539. The molecule has 0 saturated carbocycles. The first-order chi connectivity index (χ1) is 7.29. The van der Waals surface area contributed by atoms with Crippen molar-refractivity contribution in [2.75, 3.05) is 12.4 Å². The number of nitrogens with zero attached hydrogens (tertiary/aromatic N) is 2. The van der Waals surface area contributed by atoms with Crippen molar-refractivity contribution in [3.8, 4) is 0 Å². The number of unbranched alkanes of at least 4 members (excludes halogenated alkanes) is 1. The molecule has 0 radical (unpaired) electrons. The second kappa shape index (κ2) is 6.68. The molecule has 1 heterocycles. The first kappa shape index (κ1) is 12.3. The monoisotopic (exact) mass is 231 g/mol. The van der Waals surface area contributed by atoms with E-state index in [4.69, 9.17) is 5.11 Å². The number of hydrogen-bond acceptors (Lipinski definition) is 4. The Hall–Kier alpha value is -0.750. The van der Waals surface area contributed by atoms with Crippen LogP contribution in [-0.4, -0.2) is 32.2 Å². The fourth-order valence-corrected chi connectivity index (χ4v) is 2.05. The van der Waals surface area contributed by atoms with E-state index in [0.29, 0.717) is 6.54 Å². The molecule has 0 spiro atoms. The Kier molecular flexibility index (Phi) is 5.49. The zero-order chi connectivity index (χ0) is 11.1. The van der Waals surface area contributed by atoms with Gasteiger partial charge in [-0.3, -0.25) is 4.57 Å². The van der Waals surface area contributed by atoms with Crippen LogP contribution >= 0.6 is 11.8 Å². The van der Waals surface area contributed by atoms with Crippen LogP contribution in [0.5, 0.6) is 0 Å². The summed E-state index contributed by atoms with van der Waals surface area (Å²) >= 11 is 1.50. The van der Waals surface area contributed by atoms with Crippen LogP contribution in [0, 0.1) is 0 Å².